The van der Waals surface area contributed by atoms with Crippen LogP contribution in [0.2, 0.25) is 5.02 Å². The number of nitriles is 1. The molecular weight excluding hydrogens is 302 g/mol. The lowest BCUT2D eigenvalue weighted by Crippen LogP contribution is -2.58. The second kappa shape index (κ2) is 4.59. The van der Waals surface area contributed by atoms with Crippen LogP contribution >= 0.6 is 11.6 Å². The van der Waals surface area contributed by atoms with Gasteiger partial charge in [-0.1, -0.05) is 11.6 Å². The third kappa shape index (κ3) is 1.64. The number of ether oxygens (including phenoxy) is 2. The van der Waals surface area contributed by atoms with Crippen molar-refractivity contribution in [3.8, 4) is 11.8 Å². The highest BCUT2D eigenvalue weighted by atomic mass is 35.5. The van der Waals surface area contributed by atoms with E-state index in [1.54, 1.807) is 0 Å². The number of halogens is 1. The highest BCUT2D eigenvalue weighted by molar-refractivity contribution is 6.30. The van der Waals surface area contributed by atoms with E-state index in [9.17, 15) is 5.26 Å². The molecule has 3 heterocycles. The van der Waals surface area contributed by atoms with E-state index in [2.05, 4.69) is 15.9 Å². The molecule has 3 aliphatic heterocycles. The predicted octanol–water partition coefficient (Wildman–Crippen LogP) is 1.67. The Bertz CT molecular complexity index is 676. The summed E-state index contributed by atoms with van der Waals surface area (Å²) in [7, 11) is 4.03. The van der Waals surface area contributed by atoms with Gasteiger partial charge in [-0.05, 0) is 32.3 Å². The Hall–Kier alpha value is -1.32. The van der Waals surface area contributed by atoms with Crippen LogP contribution in [0.4, 0.5) is 0 Å². The summed E-state index contributed by atoms with van der Waals surface area (Å²) < 4.78 is 12.4. The van der Waals surface area contributed by atoms with Gasteiger partial charge in [-0.3, -0.25) is 4.90 Å². The summed E-state index contributed by atoms with van der Waals surface area (Å²) in [6.07, 6.45) is -0.192. The van der Waals surface area contributed by atoms with Crippen LogP contribution in [0.15, 0.2) is 18.2 Å². The fraction of sp³-hybridized carbons (Fsp3) is 0.562. The van der Waals surface area contributed by atoms with Crippen molar-refractivity contribution in [3.05, 3.63) is 28.8 Å². The molecule has 0 saturated carbocycles. The van der Waals surface area contributed by atoms with E-state index in [4.69, 9.17) is 21.1 Å². The van der Waals surface area contributed by atoms with Crippen LogP contribution in [0.25, 0.3) is 0 Å². The number of fused-ring (bicyclic) bond motifs is 4. The molecule has 3 aliphatic rings. The monoisotopic (exact) mass is 319 g/mol. The smallest absolute Gasteiger partial charge is 0.142 e. The molecule has 22 heavy (non-hydrogen) atoms. The number of rotatable bonds is 0. The Morgan fingerprint density at radius 3 is 2.82 bits per heavy atom. The largest absolute Gasteiger partial charge is 0.487 e. The summed E-state index contributed by atoms with van der Waals surface area (Å²) in [5.74, 6) is 0.783. The van der Waals surface area contributed by atoms with Crippen molar-refractivity contribution in [1.29, 1.82) is 5.26 Å². The molecule has 0 unspecified atom stereocenters. The first-order valence-electron chi connectivity index (χ1n) is 7.40. The molecule has 1 aromatic rings. The average Bonchev–Trinajstić information content (AvgIpc) is 3.03. The van der Waals surface area contributed by atoms with Gasteiger partial charge in [0, 0.05) is 30.2 Å². The van der Waals surface area contributed by atoms with Crippen molar-refractivity contribution < 1.29 is 9.47 Å². The summed E-state index contributed by atoms with van der Waals surface area (Å²) in [6.45, 7) is 2.53. The van der Waals surface area contributed by atoms with Gasteiger partial charge in [-0.2, -0.15) is 5.26 Å². The summed E-state index contributed by atoms with van der Waals surface area (Å²) in [5.41, 5.74) is -0.508. The minimum atomic E-state index is -0.718. The van der Waals surface area contributed by atoms with E-state index >= 15 is 0 Å². The Labute approximate surface area is 135 Å². The van der Waals surface area contributed by atoms with Gasteiger partial charge in [0.2, 0.25) is 0 Å². The van der Waals surface area contributed by atoms with E-state index < -0.39 is 11.0 Å². The summed E-state index contributed by atoms with van der Waals surface area (Å²) >= 11 is 6.22. The second-order valence-electron chi connectivity index (χ2n) is 6.64. The number of likely N-dealkylation sites (N-methyl/N-ethyl adjacent to an activating group) is 2. The lowest BCUT2D eigenvalue weighted by molar-refractivity contribution is -0.117. The molecule has 1 spiro atoms. The Balaban J connectivity index is 1.97. The Kier molecular flexibility index (Phi) is 2.98. The maximum absolute atomic E-state index is 10.1. The molecule has 0 amide bonds. The molecule has 116 valence electrons. The van der Waals surface area contributed by atoms with Crippen LogP contribution in [-0.2, 0) is 10.3 Å². The quantitative estimate of drug-likeness (QED) is 0.728. The van der Waals surface area contributed by atoms with Crippen LogP contribution in [-0.4, -0.2) is 56.4 Å². The molecule has 0 aliphatic carbocycles. The van der Waals surface area contributed by atoms with Gasteiger partial charge in [0.25, 0.3) is 0 Å². The molecule has 0 N–H and O–H groups in total. The molecule has 4 rings (SSSR count). The van der Waals surface area contributed by atoms with E-state index in [0.29, 0.717) is 24.8 Å². The maximum Gasteiger partial charge on any atom is 0.142 e. The fourth-order valence-electron chi connectivity index (χ4n) is 4.19. The molecule has 5 nitrogen and oxygen atoms in total. The minimum Gasteiger partial charge on any atom is -0.487 e. The number of benzene rings is 1. The zero-order valence-corrected chi connectivity index (χ0v) is 13.4. The van der Waals surface area contributed by atoms with Crippen molar-refractivity contribution >= 4 is 11.6 Å². The summed E-state index contributed by atoms with van der Waals surface area (Å²) in [4.78, 5) is 4.25. The number of likely N-dealkylation sites (tertiary alicyclic amines) is 1. The van der Waals surface area contributed by atoms with Crippen LogP contribution in [0.5, 0.6) is 5.75 Å². The zero-order valence-electron chi connectivity index (χ0n) is 12.7. The maximum atomic E-state index is 10.1. The van der Waals surface area contributed by atoms with Crippen LogP contribution in [0.1, 0.15) is 5.56 Å². The third-order valence-electron chi connectivity index (χ3n) is 5.14. The highest BCUT2D eigenvalue weighted by Crippen LogP contribution is 2.57. The van der Waals surface area contributed by atoms with Gasteiger partial charge in [-0.15, -0.1) is 0 Å². The first kappa shape index (κ1) is 14.3. The van der Waals surface area contributed by atoms with Crippen molar-refractivity contribution in [2.75, 3.05) is 40.5 Å². The fourth-order valence-corrected chi connectivity index (χ4v) is 4.37. The molecule has 3 atom stereocenters. The first-order valence-corrected chi connectivity index (χ1v) is 7.77. The van der Waals surface area contributed by atoms with E-state index in [-0.39, 0.29) is 6.10 Å². The van der Waals surface area contributed by atoms with Crippen molar-refractivity contribution in [2.24, 2.45) is 5.41 Å². The number of hydrogen-bond acceptors (Lipinski definition) is 5. The summed E-state index contributed by atoms with van der Waals surface area (Å²) in [5, 5.41) is 10.7. The Morgan fingerprint density at radius 2 is 2.14 bits per heavy atom. The SMILES string of the molecule is CN1C[C@H]2Oc3ccc(Cl)cc3[C@]3(CN(C)CO3)[C@@]2(C#N)C1. The highest BCUT2D eigenvalue weighted by Gasteiger charge is 2.68. The van der Waals surface area contributed by atoms with Gasteiger partial charge in [0.1, 0.15) is 29.6 Å². The molecule has 0 radical (unpaired) electrons. The van der Waals surface area contributed by atoms with Gasteiger partial charge in [0.05, 0.1) is 6.07 Å². The van der Waals surface area contributed by atoms with Gasteiger partial charge in [0.15, 0.2) is 0 Å². The molecule has 1 aromatic carbocycles. The molecule has 2 saturated heterocycles. The zero-order chi connectivity index (χ0) is 15.5. The van der Waals surface area contributed by atoms with Crippen LogP contribution in [0, 0.1) is 16.7 Å². The topological polar surface area (TPSA) is 48.7 Å². The average molecular weight is 320 g/mol. The first-order chi connectivity index (χ1) is 10.5. The van der Waals surface area contributed by atoms with Crippen molar-refractivity contribution in [2.45, 2.75) is 11.7 Å². The van der Waals surface area contributed by atoms with Crippen LogP contribution in [0.3, 0.4) is 0 Å². The lowest BCUT2D eigenvalue weighted by atomic mass is 9.65. The predicted molar refractivity (Wildman–Crippen MR) is 81.7 cm³/mol. The lowest BCUT2D eigenvalue weighted by Gasteiger charge is -2.47. The molecule has 2 fully saturated rings. The number of nitrogens with zero attached hydrogens (tertiary/aromatic N) is 3. The van der Waals surface area contributed by atoms with Gasteiger partial charge < -0.3 is 14.4 Å². The summed E-state index contributed by atoms with van der Waals surface area (Å²) in [6, 6.07) is 8.17. The minimum absolute atomic E-state index is 0.192. The third-order valence-corrected chi connectivity index (χ3v) is 5.37. The van der Waals surface area contributed by atoms with Crippen molar-refractivity contribution in [1.82, 2.24) is 9.80 Å². The van der Waals surface area contributed by atoms with E-state index in [0.717, 1.165) is 17.9 Å². The standard InChI is InChI=1S/C16H18ClN3O2/c1-19-6-14-15(7-18,8-19)16(9-20(2)10-21-16)12-5-11(17)3-4-13(12)22-14/h3-5,14H,6,8-10H2,1-2H3/t14-,15+,16-/m1/s1. The number of hydrogen-bond donors (Lipinski definition) is 0. The molecular formula is C16H18ClN3O2. The van der Waals surface area contributed by atoms with E-state index in [1.165, 1.54) is 0 Å². The molecule has 0 bridgehead atoms. The second-order valence-corrected chi connectivity index (χ2v) is 7.08. The van der Waals surface area contributed by atoms with E-state index in [1.807, 2.05) is 32.3 Å². The van der Waals surface area contributed by atoms with Crippen molar-refractivity contribution in [3.63, 3.8) is 0 Å². The Morgan fingerprint density at radius 1 is 1.32 bits per heavy atom. The van der Waals surface area contributed by atoms with Gasteiger partial charge in [-0.25, -0.2) is 0 Å². The van der Waals surface area contributed by atoms with Crippen LogP contribution < -0.4 is 4.74 Å². The normalized spacial score (nSPS) is 37.6. The van der Waals surface area contributed by atoms with Gasteiger partial charge >= 0.3 is 0 Å². The molecule has 6 heteroatoms. The molecule has 0 aromatic heterocycles.